The number of nitrogens with zero attached hydrogens (tertiary/aromatic N) is 1. The summed E-state index contributed by atoms with van der Waals surface area (Å²) < 4.78 is 5.17. The topological polar surface area (TPSA) is 46.6 Å². The van der Waals surface area contributed by atoms with Crippen LogP contribution >= 0.6 is 0 Å². The highest BCUT2D eigenvalue weighted by molar-refractivity contribution is 5.92. The van der Waals surface area contributed by atoms with Crippen LogP contribution in [0.25, 0.3) is 0 Å². The Morgan fingerprint density at radius 1 is 1.13 bits per heavy atom. The molecule has 0 aliphatic carbocycles. The molecule has 0 radical (unpaired) electrons. The van der Waals surface area contributed by atoms with Crippen molar-refractivity contribution in [2.45, 2.75) is 39.8 Å². The van der Waals surface area contributed by atoms with E-state index in [-0.39, 0.29) is 23.7 Å². The van der Waals surface area contributed by atoms with Crippen molar-refractivity contribution in [1.82, 2.24) is 4.90 Å². The Morgan fingerprint density at radius 2 is 1.67 bits per heavy atom. The number of hydrogen-bond donors (Lipinski definition) is 0. The number of esters is 1. The van der Waals surface area contributed by atoms with Crippen molar-refractivity contribution in [2.24, 2.45) is 11.8 Å². The number of likely N-dealkylation sites (N-methyl/N-ethyl adjacent to an activating group) is 1. The molecule has 1 aliphatic heterocycles. The first-order valence-corrected chi connectivity index (χ1v) is 5.33. The van der Waals surface area contributed by atoms with Crippen molar-refractivity contribution < 1.29 is 14.3 Å². The summed E-state index contributed by atoms with van der Waals surface area (Å²) in [5.74, 6) is -0.273. The Morgan fingerprint density at radius 3 is 2.07 bits per heavy atom. The number of rotatable bonds is 2. The smallest absolute Gasteiger partial charge is 0.329 e. The number of hydrogen-bond acceptors (Lipinski definition) is 3. The Balaban J connectivity index is 2.89. The molecule has 0 saturated carbocycles. The average Bonchev–Trinajstić information content (AvgIpc) is 2.10. The molecule has 2 atom stereocenters. The summed E-state index contributed by atoms with van der Waals surface area (Å²) in [7, 11) is 1.67. The number of cyclic esters (lactones) is 1. The molecule has 1 rings (SSSR count). The maximum atomic E-state index is 11.9. The van der Waals surface area contributed by atoms with Gasteiger partial charge in [-0.15, -0.1) is 0 Å². The van der Waals surface area contributed by atoms with Gasteiger partial charge in [0.15, 0.2) is 6.10 Å². The molecule has 0 N–H and O–H groups in total. The monoisotopic (exact) mass is 213 g/mol. The standard InChI is InChI=1S/C11H19NO3/c1-6(2)8-11(14)15-9(7(3)4)10(13)12(8)5/h6-9H,1-5H3. The van der Waals surface area contributed by atoms with Gasteiger partial charge in [-0.3, -0.25) is 4.79 Å². The first-order valence-electron chi connectivity index (χ1n) is 5.33. The predicted octanol–water partition coefficient (Wildman–Crippen LogP) is 1.05. The van der Waals surface area contributed by atoms with E-state index in [1.165, 1.54) is 4.90 Å². The van der Waals surface area contributed by atoms with E-state index in [4.69, 9.17) is 4.74 Å². The fraction of sp³-hybridized carbons (Fsp3) is 0.818. The maximum Gasteiger partial charge on any atom is 0.329 e. The van der Waals surface area contributed by atoms with Crippen molar-refractivity contribution in [3.05, 3.63) is 0 Å². The third-order valence-corrected chi connectivity index (χ3v) is 2.73. The van der Waals surface area contributed by atoms with Crippen molar-refractivity contribution in [3.63, 3.8) is 0 Å². The molecule has 0 aromatic rings. The Hall–Kier alpha value is -1.06. The van der Waals surface area contributed by atoms with Crippen LogP contribution in [0.2, 0.25) is 0 Å². The fourth-order valence-electron chi connectivity index (χ4n) is 1.88. The van der Waals surface area contributed by atoms with E-state index in [0.29, 0.717) is 0 Å². The summed E-state index contributed by atoms with van der Waals surface area (Å²) in [6.45, 7) is 7.57. The molecule has 1 amide bonds. The minimum Gasteiger partial charge on any atom is -0.450 e. The zero-order valence-corrected chi connectivity index (χ0v) is 9.98. The molecule has 1 aliphatic rings. The largest absolute Gasteiger partial charge is 0.450 e. The predicted molar refractivity (Wildman–Crippen MR) is 56.1 cm³/mol. The molecule has 0 bridgehead atoms. The van der Waals surface area contributed by atoms with Crippen LogP contribution in [0.4, 0.5) is 0 Å². The van der Waals surface area contributed by atoms with Crippen LogP contribution < -0.4 is 0 Å². The zero-order chi connectivity index (χ0) is 11.7. The number of carbonyl (C=O) groups excluding carboxylic acids is 2. The summed E-state index contributed by atoms with van der Waals surface area (Å²) in [5.41, 5.74) is 0. The lowest BCUT2D eigenvalue weighted by Gasteiger charge is -2.38. The van der Waals surface area contributed by atoms with E-state index in [1.807, 2.05) is 27.7 Å². The quantitative estimate of drug-likeness (QED) is 0.644. The van der Waals surface area contributed by atoms with Crippen molar-refractivity contribution in [2.75, 3.05) is 7.05 Å². The van der Waals surface area contributed by atoms with E-state index >= 15 is 0 Å². The van der Waals surface area contributed by atoms with Gasteiger partial charge in [-0.1, -0.05) is 27.7 Å². The van der Waals surface area contributed by atoms with Gasteiger partial charge in [0.1, 0.15) is 6.04 Å². The van der Waals surface area contributed by atoms with E-state index in [2.05, 4.69) is 0 Å². The third kappa shape index (κ3) is 2.13. The average molecular weight is 213 g/mol. The summed E-state index contributed by atoms with van der Waals surface area (Å²) in [6, 6.07) is -0.438. The van der Waals surface area contributed by atoms with Crippen molar-refractivity contribution in [1.29, 1.82) is 0 Å². The van der Waals surface area contributed by atoms with Gasteiger partial charge in [0.2, 0.25) is 0 Å². The van der Waals surface area contributed by atoms with E-state index in [9.17, 15) is 9.59 Å². The normalized spacial score (nSPS) is 27.5. The van der Waals surface area contributed by atoms with E-state index < -0.39 is 12.1 Å². The third-order valence-electron chi connectivity index (χ3n) is 2.73. The van der Waals surface area contributed by atoms with Gasteiger partial charge in [0, 0.05) is 7.05 Å². The van der Waals surface area contributed by atoms with Gasteiger partial charge >= 0.3 is 5.97 Å². The summed E-state index contributed by atoms with van der Waals surface area (Å²) in [6.07, 6.45) is -0.613. The van der Waals surface area contributed by atoms with Gasteiger partial charge in [-0.25, -0.2) is 4.79 Å². The van der Waals surface area contributed by atoms with E-state index in [0.717, 1.165) is 0 Å². The highest BCUT2D eigenvalue weighted by Gasteiger charge is 2.42. The fourth-order valence-corrected chi connectivity index (χ4v) is 1.88. The number of amides is 1. The van der Waals surface area contributed by atoms with Gasteiger partial charge in [-0.05, 0) is 11.8 Å². The Kier molecular flexibility index (Phi) is 3.37. The van der Waals surface area contributed by atoms with Crippen LogP contribution in [0.5, 0.6) is 0 Å². The van der Waals surface area contributed by atoms with Crippen LogP contribution in [0.1, 0.15) is 27.7 Å². The van der Waals surface area contributed by atoms with E-state index in [1.54, 1.807) is 7.05 Å². The molecule has 2 unspecified atom stereocenters. The minimum atomic E-state index is -0.613. The molecule has 4 nitrogen and oxygen atoms in total. The Bertz CT molecular complexity index is 273. The second kappa shape index (κ2) is 4.21. The van der Waals surface area contributed by atoms with Gasteiger partial charge in [0.25, 0.3) is 5.91 Å². The molecule has 1 fully saturated rings. The Labute approximate surface area is 90.6 Å². The molecule has 1 saturated heterocycles. The minimum absolute atomic E-state index is 0.0250. The first-order chi connectivity index (χ1) is 6.86. The number of morpholine rings is 1. The molecule has 1 heterocycles. The van der Waals surface area contributed by atoms with Crippen LogP contribution in [0.15, 0.2) is 0 Å². The lowest BCUT2D eigenvalue weighted by Crippen LogP contribution is -2.57. The molecule has 4 heteroatoms. The molecular formula is C11H19NO3. The van der Waals surface area contributed by atoms with Crippen molar-refractivity contribution in [3.8, 4) is 0 Å². The molecular weight excluding hydrogens is 194 g/mol. The second-order valence-electron chi connectivity index (χ2n) is 4.74. The van der Waals surface area contributed by atoms with Gasteiger partial charge in [0.05, 0.1) is 0 Å². The summed E-state index contributed by atoms with van der Waals surface area (Å²) >= 11 is 0. The highest BCUT2D eigenvalue weighted by Crippen LogP contribution is 2.22. The van der Waals surface area contributed by atoms with Crippen LogP contribution in [0.3, 0.4) is 0 Å². The van der Waals surface area contributed by atoms with Gasteiger partial charge in [-0.2, -0.15) is 0 Å². The lowest BCUT2D eigenvalue weighted by molar-refractivity contribution is -0.181. The second-order valence-corrected chi connectivity index (χ2v) is 4.74. The summed E-state index contributed by atoms with van der Waals surface area (Å²) in [4.78, 5) is 25.1. The molecule has 0 spiro atoms. The first kappa shape index (κ1) is 12.0. The highest BCUT2D eigenvalue weighted by atomic mass is 16.6. The SMILES string of the molecule is CC(C)C1OC(=O)C(C(C)C)N(C)C1=O. The molecule has 15 heavy (non-hydrogen) atoms. The maximum absolute atomic E-state index is 11.9. The molecule has 86 valence electrons. The molecule has 0 aromatic carbocycles. The zero-order valence-electron chi connectivity index (χ0n) is 9.98. The van der Waals surface area contributed by atoms with Crippen LogP contribution in [-0.2, 0) is 14.3 Å². The van der Waals surface area contributed by atoms with Gasteiger partial charge < -0.3 is 9.64 Å². The van der Waals surface area contributed by atoms with Crippen LogP contribution in [-0.4, -0.2) is 36.0 Å². The molecule has 0 aromatic heterocycles. The number of ether oxygens (including phenoxy) is 1. The lowest BCUT2D eigenvalue weighted by atomic mass is 9.97. The van der Waals surface area contributed by atoms with Crippen molar-refractivity contribution >= 4 is 11.9 Å². The summed E-state index contributed by atoms with van der Waals surface area (Å²) in [5, 5.41) is 0. The number of carbonyl (C=O) groups is 2. The van der Waals surface area contributed by atoms with Crippen LogP contribution in [0, 0.1) is 11.8 Å².